The molecule has 0 radical (unpaired) electrons. The number of hydrogen-bond acceptors (Lipinski definition) is 8. The zero-order valence-electron chi connectivity index (χ0n) is 21.9. The fourth-order valence-corrected chi connectivity index (χ4v) is 5.18. The fourth-order valence-electron chi connectivity index (χ4n) is 4.74. The van der Waals surface area contributed by atoms with Crippen LogP contribution in [0.4, 0.5) is 0 Å². The number of nitrogens with zero attached hydrogens (tertiary/aromatic N) is 3. The summed E-state index contributed by atoms with van der Waals surface area (Å²) < 4.78 is 10.9. The third-order valence-electron chi connectivity index (χ3n) is 6.61. The highest BCUT2D eigenvalue weighted by Gasteiger charge is 2.45. The molecule has 3 aliphatic rings. The van der Waals surface area contributed by atoms with Crippen molar-refractivity contribution in [2.24, 2.45) is 16.6 Å². The van der Waals surface area contributed by atoms with E-state index in [2.05, 4.69) is 10.6 Å². The van der Waals surface area contributed by atoms with E-state index in [0.717, 1.165) is 5.56 Å². The van der Waals surface area contributed by atoms with Crippen molar-refractivity contribution >= 4 is 40.7 Å². The third-order valence-corrected chi connectivity index (χ3v) is 7.20. The normalized spacial score (nSPS) is 24.9. The molecule has 1 aromatic rings. The third kappa shape index (κ3) is 5.26. The maximum Gasteiger partial charge on any atom is 0.275 e. The number of halogens is 2. The number of allylic oxidation sites excluding steroid dienone is 1. The van der Waals surface area contributed by atoms with Gasteiger partial charge in [0.2, 0.25) is 11.8 Å². The molecule has 0 spiro atoms. The Hall–Kier alpha value is -3.05. The second-order valence-electron chi connectivity index (χ2n) is 9.47. The summed E-state index contributed by atoms with van der Waals surface area (Å²) in [6.45, 7) is 4.34. The first kappa shape index (κ1) is 28.0. The minimum absolute atomic E-state index is 0.0787. The summed E-state index contributed by atoms with van der Waals surface area (Å²) in [4.78, 5) is 34.1. The summed E-state index contributed by atoms with van der Waals surface area (Å²) in [6.07, 6.45) is 1.39. The first-order valence-corrected chi connectivity index (χ1v) is 13.0. The van der Waals surface area contributed by atoms with E-state index in [1.165, 1.54) is 4.90 Å². The van der Waals surface area contributed by atoms with E-state index in [0.29, 0.717) is 40.1 Å². The number of nitrogens with two attached hydrogens (primary N) is 1. The lowest BCUT2D eigenvalue weighted by molar-refractivity contribution is -0.130. The van der Waals surface area contributed by atoms with Crippen molar-refractivity contribution < 1.29 is 19.1 Å². The van der Waals surface area contributed by atoms with Crippen LogP contribution in [0.5, 0.6) is 0 Å². The first-order chi connectivity index (χ1) is 18.1. The predicted octanol–water partition coefficient (Wildman–Crippen LogP) is 2.78. The number of amides is 2. The molecule has 12 heteroatoms. The van der Waals surface area contributed by atoms with Crippen LogP contribution in [-0.2, 0) is 19.1 Å². The van der Waals surface area contributed by atoms with Gasteiger partial charge in [-0.15, -0.1) is 11.6 Å². The molecule has 3 aliphatic heterocycles. The van der Waals surface area contributed by atoms with E-state index in [4.69, 9.17) is 43.4 Å². The average Bonchev–Trinajstić information content (AvgIpc) is 3.15. The van der Waals surface area contributed by atoms with Gasteiger partial charge in [-0.3, -0.25) is 24.8 Å². The van der Waals surface area contributed by atoms with Crippen LogP contribution in [0, 0.1) is 5.92 Å². The van der Waals surface area contributed by atoms with E-state index in [-0.39, 0.29) is 29.9 Å². The van der Waals surface area contributed by atoms with Gasteiger partial charge in [-0.1, -0.05) is 37.6 Å². The summed E-state index contributed by atoms with van der Waals surface area (Å²) in [6, 6.07) is 6.62. The molecule has 0 aromatic heterocycles. The molecule has 204 valence electrons. The Morgan fingerprint density at radius 2 is 1.89 bits per heavy atom. The van der Waals surface area contributed by atoms with Crippen LogP contribution in [0.25, 0.3) is 0 Å². The lowest BCUT2D eigenvalue weighted by Crippen LogP contribution is -2.48. The Morgan fingerprint density at radius 1 is 1.21 bits per heavy atom. The molecular formula is C26H32Cl2N6O4. The van der Waals surface area contributed by atoms with Gasteiger partial charge in [0.1, 0.15) is 16.8 Å². The van der Waals surface area contributed by atoms with Gasteiger partial charge in [0, 0.05) is 49.6 Å². The zero-order chi connectivity index (χ0) is 27.7. The number of aliphatic imine (C=N–C) groups is 1. The second-order valence-corrected chi connectivity index (χ2v) is 10.4. The van der Waals surface area contributed by atoms with Crippen LogP contribution < -0.4 is 16.4 Å². The molecule has 3 atom stereocenters. The lowest BCUT2D eigenvalue weighted by atomic mass is 9.89. The molecule has 0 bridgehead atoms. The van der Waals surface area contributed by atoms with E-state index in [1.54, 1.807) is 44.5 Å². The molecule has 0 saturated heterocycles. The van der Waals surface area contributed by atoms with Gasteiger partial charge in [0.15, 0.2) is 6.35 Å². The Labute approximate surface area is 232 Å². The highest BCUT2D eigenvalue weighted by atomic mass is 35.5. The number of methoxy groups -OCH3 is 2. The minimum Gasteiger partial charge on any atom is -0.481 e. The molecule has 4 rings (SSSR count). The van der Waals surface area contributed by atoms with Gasteiger partial charge in [0.05, 0.1) is 18.9 Å². The summed E-state index contributed by atoms with van der Waals surface area (Å²) in [7, 11) is 4.73. The molecule has 38 heavy (non-hydrogen) atoms. The van der Waals surface area contributed by atoms with Gasteiger partial charge >= 0.3 is 0 Å². The van der Waals surface area contributed by atoms with Gasteiger partial charge in [-0.05, 0) is 23.6 Å². The number of alkyl halides is 1. The number of ether oxygens (including phenoxy) is 2. The molecule has 3 heterocycles. The van der Waals surface area contributed by atoms with Crippen molar-refractivity contribution in [2.75, 3.05) is 27.8 Å². The second kappa shape index (κ2) is 11.4. The van der Waals surface area contributed by atoms with Gasteiger partial charge in [0.25, 0.3) is 5.91 Å². The monoisotopic (exact) mass is 562 g/mol. The molecule has 10 nitrogen and oxygen atoms in total. The number of benzene rings is 1. The predicted molar refractivity (Wildman–Crippen MR) is 146 cm³/mol. The van der Waals surface area contributed by atoms with E-state index in [1.807, 2.05) is 26.0 Å². The van der Waals surface area contributed by atoms with Gasteiger partial charge in [-0.2, -0.15) is 0 Å². The number of carbonyl (C=O) groups excluding carboxylic acids is 2. The Balaban J connectivity index is 1.88. The van der Waals surface area contributed by atoms with Crippen LogP contribution in [-0.4, -0.2) is 66.9 Å². The van der Waals surface area contributed by atoms with E-state index < -0.39 is 17.8 Å². The number of nitrogens with one attached hydrogen (secondary N) is 2. The SMILES string of the molecule is COC1=C(N=C(C2=C(N)C(=O)N(C3=CN(C)C(=O)C(Cl)C3)C2c2ccc(Cl)cc2)C(C)C)CNC(OC)N1. The molecule has 0 saturated carbocycles. The summed E-state index contributed by atoms with van der Waals surface area (Å²) >= 11 is 12.6. The largest absolute Gasteiger partial charge is 0.481 e. The van der Waals surface area contributed by atoms with Crippen molar-refractivity contribution in [3.05, 3.63) is 69.6 Å². The Bertz CT molecular complexity index is 1240. The fraction of sp³-hybridized carbons (Fsp3) is 0.423. The standard InChI is InChI=1S/C26H32Cl2N6O4/c1-13(2)21(31-18-11-30-26(38-5)32-23(18)37-4)19-20(29)25(36)34(16-10-17(28)24(35)33(3)12-16)22(19)14-6-8-15(27)9-7-14/h6-9,12-13,17,22,26,30,32H,10-11,29H2,1-5H3. The van der Waals surface area contributed by atoms with Gasteiger partial charge in [-0.25, -0.2) is 0 Å². The Kier molecular flexibility index (Phi) is 8.37. The molecule has 2 amide bonds. The maximum atomic E-state index is 13.8. The number of rotatable bonds is 7. The quantitative estimate of drug-likeness (QED) is 0.345. The lowest BCUT2D eigenvalue weighted by Gasteiger charge is -2.35. The molecular weight excluding hydrogens is 531 g/mol. The van der Waals surface area contributed by atoms with Crippen molar-refractivity contribution in [3.63, 3.8) is 0 Å². The zero-order valence-corrected chi connectivity index (χ0v) is 23.4. The molecule has 0 aliphatic carbocycles. The average molecular weight is 563 g/mol. The number of hydrogen-bond donors (Lipinski definition) is 3. The summed E-state index contributed by atoms with van der Waals surface area (Å²) in [5.74, 6) is -0.271. The topological polar surface area (TPSA) is 122 Å². The van der Waals surface area contributed by atoms with E-state index in [9.17, 15) is 9.59 Å². The van der Waals surface area contributed by atoms with Crippen LogP contribution in [0.3, 0.4) is 0 Å². The summed E-state index contributed by atoms with van der Waals surface area (Å²) in [5.41, 5.74) is 9.84. The maximum absolute atomic E-state index is 13.8. The van der Waals surface area contributed by atoms with Crippen molar-refractivity contribution in [1.29, 1.82) is 0 Å². The van der Waals surface area contributed by atoms with Crippen molar-refractivity contribution in [3.8, 4) is 0 Å². The van der Waals surface area contributed by atoms with Crippen LogP contribution in [0.2, 0.25) is 5.02 Å². The smallest absolute Gasteiger partial charge is 0.275 e. The van der Waals surface area contributed by atoms with Crippen LogP contribution >= 0.6 is 23.2 Å². The molecule has 3 unspecified atom stereocenters. The minimum atomic E-state index is -0.801. The molecule has 1 aromatic carbocycles. The first-order valence-electron chi connectivity index (χ1n) is 12.2. The number of carbonyl (C=O) groups is 2. The van der Waals surface area contributed by atoms with Crippen molar-refractivity contribution in [1.82, 2.24) is 20.4 Å². The Morgan fingerprint density at radius 3 is 2.47 bits per heavy atom. The van der Waals surface area contributed by atoms with Crippen LogP contribution in [0.1, 0.15) is 31.9 Å². The highest BCUT2D eigenvalue weighted by molar-refractivity contribution is 6.31. The van der Waals surface area contributed by atoms with E-state index >= 15 is 0 Å². The molecule has 0 fully saturated rings. The van der Waals surface area contributed by atoms with Gasteiger partial charge < -0.3 is 25.4 Å². The van der Waals surface area contributed by atoms with Crippen molar-refractivity contribution in [2.45, 2.75) is 38.0 Å². The summed E-state index contributed by atoms with van der Waals surface area (Å²) in [5, 5.41) is 6.04. The highest BCUT2D eigenvalue weighted by Crippen LogP contribution is 2.43. The molecule has 4 N–H and O–H groups in total. The van der Waals surface area contributed by atoms with Crippen LogP contribution in [0.15, 0.2) is 64.0 Å².